The molecule has 5 heteroatoms. The van der Waals surface area contributed by atoms with Crippen LogP contribution in [0.3, 0.4) is 0 Å². The Hall–Kier alpha value is -2.35. The first kappa shape index (κ1) is 15.0. The van der Waals surface area contributed by atoms with Crippen molar-refractivity contribution in [3.05, 3.63) is 35.4 Å². The van der Waals surface area contributed by atoms with Gasteiger partial charge in [0, 0.05) is 13.0 Å². The maximum Gasteiger partial charge on any atom is 0.308 e. The standard InChI is InChI=1S/C16H18N2O3/c1-2-18-14(19)5-3-4-13(16(20)21)15(18)12-8-6-11(10-17)7-9-12/h6-9,13,15H,2-5H2,1H3,(H,20,21). The lowest BCUT2D eigenvalue weighted by Gasteiger charge is -2.33. The van der Waals surface area contributed by atoms with E-state index >= 15 is 0 Å². The summed E-state index contributed by atoms with van der Waals surface area (Å²) < 4.78 is 0. The highest BCUT2D eigenvalue weighted by Crippen LogP contribution is 2.35. The number of aliphatic carboxylic acids is 1. The van der Waals surface area contributed by atoms with E-state index in [0.717, 1.165) is 5.56 Å². The topological polar surface area (TPSA) is 81.4 Å². The van der Waals surface area contributed by atoms with Crippen molar-refractivity contribution in [3.63, 3.8) is 0 Å². The quantitative estimate of drug-likeness (QED) is 0.924. The maximum absolute atomic E-state index is 12.2. The molecule has 2 atom stereocenters. The third kappa shape index (κ3) is 3.05. The van der Waals surface area contributed by atoms with Crippen molar-refractivity contribution < 1.29 is 14.7 Å². The summed E-state index contributed by atoms with van der Waals surface area (Å²) in [5, 5.41) is 18.4. The van der Waals surface area contributed by atoms with E-state index < -0.39 is 17.9 Å². The summed E-state index contributed by atoms with van der Waals surface area (Å²) in [6.07, 6.45) is 1.48. The van der Waals surface area contributed by atoms with Gasteiger partial charge in [0.05, 0.1) is 23.6 Å². The summed E-state index contributed by atoms with van der Waals surface area (Å²) in [5.74, 6) is -1.49. The minimum Gasteiger partial charge on any atom is -0.481 e. The molecule has 0 spiro atoms. The summed E-state index contributed by atoms with van der Waals surface area (Å²) in [4.78, 5) is 25.4. The van der Waals surface area contributed by atoms with Gasteiger partial charge in [-0.25, -0.2) is 0 Å². The highest BCUT2D eigenvalue weighted by atomic mass is 16.4. The number of hydrogen-bond donors (Lipinski definition) is 1. The molecule has 2 rings (SSSR count). The fourth-order valence-electron chi connectivity index (χ4n) is 2.95. The zero-order valence-corrected chi connectivity index (χ0v) is 12.0. The third-order valence-electron chi connectivity index (χ3n) is 3.98. The minimum absolute atomic E-state index is 0.00407. The molecule has 110 valence electrons. The number of carboxylic acids is 1. The van der Waals surface area contributed by atoms with E-state index in [1.807, 2.05) is 13.0 Å². The van der Waals surface area contributed by atoms with Crippen LogP contribution in [0, 0.1) is 17.2 Å². The number of carboxylic acid groups (broad SMARTS) is 1. The van der Waals surface area contributed by atoms with Crippen LogP contribution in [-0.4, -0.2) is 28.4 Å². The van der Waals surface area contributed by atoms with Crippen LogP contribution in [0.1, 0.15) is 43.4 Å². The van der Waals surface area contributed by atoms with Gasteiger partial charge in [0.25, 0.3) is 0 Å². The number of rotatable bonds is 3. The van der Waals surface area contributed by atoms with Gasteiger partial charge in [0.2, 0.25) is 5.91 Å². The molecule has 1 fully saturated rings. The average molecular weight is 286 g/mol. The summed E-state index contributed by atoms with van der Waals surface area (Å²) in [6.45, 7) is 2.34. The molecule has 1 heterocycles. The van der Waals surface area contributed by atoms with E-state index in [2.05, 4.69) is 0 Å². The molecule has 0 saturated carbocycles. The predicted molar refractivity (Wildman–Crippen MR) is 76.3 cm³/mol. The smallest absolute Gasteiger partial charge is 0.308 e. The van der Waals surface area contributed by atoms with Crippen molar-refractivity contribution in [1.82, 2.24) is 4.90 Å². The molecule has 1 aromatic rings. The second-order valence-electron chi connectivity index (χ2n) is 5.20. The van der Waals surface area contributed by atoms with Crippen molar-refractivity contribution in [2.24, 2.45) is 5.92 Å². The second-order valence-corrected chi connectivity index (χ2v) is 5.20. The van der Waals surface area contributed by atoms with Gasteiger partial charge in [0.1, 0.15) is 0 Å². The number of hydrogen-bond acceptors (Lipinski definition) is 3. The molecule has 0 aromatic heterocycles. The largest absolute Gasteiger partial charge is 0.481 e. The first-order valence-corrected chi connectivity index (χ1v) is 7.10. The first-order chi connectivity index (χ1) is 10.1. The van der Waals surface area contributed by atoms with E-state index in [4.69, 9.17) is 5.26 Å². The number of nitriles is 1. The summed E-state index contributed by atoms with van der Waals surface area (Å²) in [6, 6.07) is 8.41. The van der Waals surface area contributed by atoms with Crippen molar-refractivity contribution in [2.45, 2.75) is 32.2 Å². The highest BCUT2D eigenvalue weighted by molar-refractivity contribution is 5.79. The third-order valence-corrected chi connectivity index (χ3v) is 3.98. The van der Waals surface area contributed by atoms with Crippen LogP contribution in [0.4, 0.5) is 0 Å². The molecule has 21 heavy (non-hydrogen) atoms. The van der Waals surface area contributed by atoms with E-state index in [9.17, 15) is 14.7 Å². The summed E-state index contributed by atoms with van der Waals surface area (Å²) in [7, 11) is 0. The SMILES string of the molecule is CCN1C(=O)CCCC(C(=O)O)C1c1ccc(C#N)cc1. The maximum atomic E-state index is 12.2. The lowest BCUT2D eigenvalue weighted by molar-refractivity contribution is -0.146. The monoisotopic (exact) mass is 286 g/mol. The molecule has 0 bridgehead atoms. The van der Waals surface area contributed by atoms with Gasteiger partial charge >= 0.3 is 5.97 Å². The molecule has 1 aliphatic rings. The molecule has 0 radical (unpaired) electrons. The lowest BCUT2D eigenvalue weighted by Crippen LogP contribution is -2.38. The molecule has 5 nitrogen and oxygen atoms in total. The number of benzene rings is 1. The Balaban J connectivity index is 2.45. The minimum atomic E-state index is -0.877. The fraction of sp³-hybridized carbons (Fsp3) is 0.438. The van der Waals surface area contributed by atoms with Gasteiger partial charge in [-0.3, -0.25) is 9.59 Å². The van der Waals surface area contributed by atoms with E-state index in [1.165, 1.54) is 0 Å². The Morgan fingerprint density at radius 1 is 1.43 bits per heavy atom. The van der Waals surface area contributed by atoms with Crippen molar-refractivity contribution in [2.75, 3.05) is 6.54 Å². The molecule has 1 saturated heterocycles. The Labute approximate surface area is 123 Å². The summed E-state index contributed by atoms with van der Waals surface area (Å²) in [5.41, 5.74) is 1.30. The molecule has 1 aromatic carbocycles. The number of amides is 1. The van der Waals surface area contributed by atoms with Gasteiger partial charge in [-0.15, -0.1) is 0 Å². The van der Waals surface area contributed by atoms with E-state index in [-0.39, 0.29) is 5.91 Å². The number of carbonyl (C=O) groups is 2. The second kappa shape index (κ2) is 6.40. The van der Waals surface area contributed by atoms with Gasteiger partial charge in [-0.05, 0) is 37.5 Å². The zero-order chi connectivity index (χ0) is 15.4. The van der Waals surface area contributed by atoms with E-state index in [0.29, 0.717) is 31.4 Å². The molecule has 1 aliphatic heterocycles. The fourth-order valence-corrected chi connectivity index (χ4v) is 2.95. The lowest BCUT2D eigenvalue weighted by atomic mass is 9.89. The summed E-state index contributed by atoms with van der Waals surface area (Å²) >= 11 is 0. The Kier molecular flexibility index (Phi) is 4.59. The van der Waals surface area contributed by atoms with Crippen LogP contribution < -0.4 is 0 Å². The molecular weight excluding hydrogens is 268 g/mol. The molecule has 2 unspecified atom stereocenters. The highest BCUT2D eigenvalue weighted by Gasteiger charge is 2.37. The molecule has 1 N–H and O–H groups in total. The number of carbonyl (C=O) groups excluding carboxylic acids is 1. The van der Waals surface area contributed by atoms with Gasteiger partial charge in [-0.2, -0.15) is 5.26 Å². The Morgan fingerprint density at radius 3 is 2.62 bits per heavy atom. The van der Waals surface area contributed by atoms with Crippen LogP contribution in [0.2, 0.25) is 0 Å². The van der Waals surface area contributed by atoms with Gasteiger partial charge in [-0.1, -0.05) is 12.1 Å². The first-order valence-electron chi connectivity index (χ1n) is 7.10. The van der Waals surface area contributed by atoms with Crippen LogP contribution in [-0.2, 0) is 9.59 Å². The van der Waals surface area contributed by atoms with Crippen LogP contribution in [0.25, 0.3) is 0 Å². The van der Waals surface area contributed by atoms with Crippen LogP contribution >= 0.6 is 0 Å². The van der Waals surface area contributed by atoms with E-state index in [1.54, 1.807) is 29.2 Å². The number of likely N-dealkylation sites (tertiary alicyclic amines) is 1. The Morgan fingerprint density at radius 2 is 2.10 bits per heavy atom. The average Bonchev–Trinajstić information content (AvgIpc) is 2.66. The van der Waals surface area contributed by atoms with Crippen LogP contribution in [0.5, 0.6) is 0 Å². The molecule has 1 amide bonds. The van der Waals surface area contributed by atoms with Gasteiger partial charge in [0.15, 0.2) is 0 Å². The van der Waals surface area contributed by atoms with Crippen molar-refractivity contribution in [3.8, 4) is 6.07 Å². The van der Waals surface area contributed by atoms with Gasteiger partial charge < -0.3 is 10.0 Å². The Bertz CT molecular complexity index is 572. The molecular formula is C16H18N2O3. The van der Waals surface area contributed by atoms with Crippen LogP contribution in [0.15, 0.2) is 24.3 Å². The van der Waals surface area contributed by atoms with Crippen molar-refractivity contribution in [1.29, 1.82) is 5.26 Å². The molecule has 0 aliphatic carbocycles. The normalized spacial score (nSPS) is 22.5. The van der Waals surface area contributed by atoms with Crippen molar-refractivity contribution >= 4 is 11.9 Å². The zero-order valence-electron chi connectivity index (χ0n) is 12.0. The predicted octanol–water partition coefficient (Wildman–Crippen LogP) is 2.33. The number of nitrogens with zero attached hydrogens (tertiary/aromatic N) is 2.